The summed E-state index contributed by atoms with van der Waals surface area (Å²) in [6.07, 6.45) is 8.86. The van der Waals surface area contributed by atoms with Gasteiger partial charge in [-0.3, -0.25) is 4.79 Å². The Morgan fingerprint density at radius 1 is 1.06 bits per heavy atom. The minimum atomic E-state index is -0.667. The molecule has 0 amide bonds. The van der Waals surface area contributed by atoms with Crippen molar-refractivity contribution < 1.29 is 19.0 Å². The molecule has 4 heteroatoms. The van der Waals surface area contributed by atoms with E-state index >= 15 is 0 Å². The molecule has 1 saturated heterocycles. The first-order valence-corrected chi connectivity index (χ1v) is 7.19. The van der Waals surface area contributed by atoms with E-state index in [9.17, 15) is 4.79 Å². The van der Waals surface area contributed by atoms with Crippen LogP contribution in [0.3, 0.4) is 0 Å². The quantitative estimate of drug-likeness (QED) is 0.674. The van der Waals surface area contributed by atoms with Crippen LogP contribution in [0, 0.1) is 5.92 Å². The average molecular weight is 254 g/mol. The Balaban J connectivity index is 1.77. The average Bonchev–Trinajstić information content (AvgIpc) is 2.87. The van der Waals surface area contributed by atoms with E-state index in [0.29, 0.717) is 0 Å². The number of rotatable bonds is 1. The molecule has 0 N–H and O–H groups in total. The number of ether oxygens (including phenoxy) is 3. The Morgan fingerprint density at radius 2 is 1.72 bits per heavy atom. The molecule has 102 valence electrons. The van der Waals surface area contributed by atoms with Gasteiger partial charge in [-0.25, -0.2) is 0 Å². The first kappa shape index (κ1) is 12.4. The van der Waals surface area contributed by atoms with E-state index in [-0.39, 0.29) is 24.1 Å². The summed E-state index contributed by atoms with van der Waals surface area (Å²) in [6.45, 7) is 0. The topological polar surface area (TPSA) is 44.8 Å². The van der Waals surface area contributed by atoms with Gasteiger partial charge in [0, 0.05) is 6.42 Å². The number of hydrogen-bond donors (Lipinski definition) is 0. The Bertz CT molecular complexity index is 314. The zero-order chi connectivity index (χ0) is 12.6. The van der Waals surface area contributed by atoms with E-state index in [4.69, 9.17) is 14.2 Å². The molecular weight excluding hydrogens is 232 g/mol. The number of methoxy groups -OCH3 is 1. The Labute approximate surface area is 108 Å². The zero-order valence-corrected chi connectivity index (χ0v) is 11.0. The molecule has 3 unspecified atom stereocenters. The third-order valence-corrected chi connectivity index (χ3v) is 4.63. The Morgan fingerprint density at radius 3 is 2.33 bits per heavy atom. The molecule has 3 aliphatic rings. The maximum atomic E-state index is 11.9. The van der Waals surface area contributed by atoms with Crippen molar-refractivity contribution in [3.63, 3.8) is 0 Å². The number of fused-ring (bicyclic) bond motifs is 1. The second-order valence-electron chi connectivity index (χ2n) is 5.73. The highest BCUT2D eigenvalue weighted by atomic mass is 16.8. The van der Waals surface area contributed by atoms with E-state index in [1.54, 1.807) is 0 Å². The van der Waals surface area contributed by atoms with Gasteiger partial charge in [-0.1, -0.05) is 19.3 Å². The lowest BCUT2D eigenvalue weighted by atomic mass is 10.0. The molecule has 0 radical (unpaired) electrons. The molecule has 18 heavy (non-hydrogen) atoms. The fourth-order valence-electron chi connectivity index (χ4n) is 3.72. The molecule has 1 aliphatic heterocycles. The molecule has 3 fully saturated rings. The van der Waals surface area contributed by atoms with E-state index in [1.807, 2.05) is 0 Å². The summed E-state index contributed by atoms with van der Waals surface area (Å²) in [6, 6.07) is 0. The summed E-state index contributed by atoms with van der Waals surface area (Å²) >= 11 is 0. The lowest BCUT2D eigenvalue weighted by Crippen LogP contribution is -2.40. The third-order valence-electron chi connectivity index (χ3n) is 4.63. The van der Waals surface area contributed by atoms with Crippen molar-refractivity contribution in [3.05, 3.63) is 0 Å². The van der Waals surface area contributed by atoms with Crippen molar-refractivity contribution in [2.45, 2.75) is 69.4 Å². The molecule has 1 spiro atoms. The molecule has 2 saturated carbocycles. The molecular formula is C14H22O4. The van der Waals surface area contributed by atoms with Crippen LogP contribution in [-0.2, 0) is 19.0 Å². The van der Waals surface area contributed by atoms with E-state index in [1.165, 1.54) is 26.4 Å². The number of hydrogen-bond acceptors (Lipinski definition) is 4. The molecule has 0 bridgehead atoms. The van der Waals surface area contributed by atoms with Crippen molar-refractivity contribution >= 4 is 5.97 Å². The fraction of sp³-hybridized carbons (Fsp3) is 0.929. The standard InChI is InChI=1S/C14H22O4/c1-16-13(15)10-6-5-9-14(10)17-11-7-3-2-4-8-12(11)18-14/h10-12H,2-9H2,1H3/t10?,11-,12?,14?/m1/s1. The van der Waals surface area contributed by atoms with Gasteiger partial charge in [0.2, 0.25) is 0 Å². The predicted octanol–water partition coefficient (Wildman–Crippen LogP) is 2.40. The molecule has 0 aromatic heterocycles. The molecule has 3 rings (SSSR count). The summed E-state index contributed by atoms with van der Waals surface area (Å²) in [5.74, 6) is -1.07. The van der Waals surface area contributed by atoms with Crippen LogP contribution in [0.5, 0.6) is 0 Å². The first-order valence-electron chi connectivity index (χ1n) is 7.19. The minimum Gasteiger partial charge on any atom is -0.469 e. The lowest BCUT2D eigenvalue weighted by molar-refractivity contribution is -0.210. The van der Waals surface area contributed by atoms with Crippen LogP contribution in [0.1, 0.15) is 51.4 Å². The summed E-state index contributed by atoms with van der Waals surface area (Å²) in [4.78, 5) is 11.9. The molecule has 1 heterocycles. The third kappa shape index (κ3) is 1.95. The predicted molar refractivity (Wildman–Crippen MR) is 64.9 cm³/mol. The van der Waals surface area contributed by atoms with Crippen molar-refractivity contribution in [3.8, 4) is 0 Å². The second kappa shape index (κ2) is 4.82. The van der Waals surface area contributed by atoms with Gasteiger partial charge >= 0.3 is 5.97 Å². The largest absolute Gasteiger partial charge is 0.469 e. The van der Waals surface area contributed by atoms with E-state index in [2.05, 4.69) is 0 Å². The smallest absolute Gasteiger partial charge is 0.314 e. The second-order valence-corrected chi connectivity index (χ2v) is 5.73. The van der Waals surface area contributed by atoms with E-state index in [0.717, 1.165) is 32.1 Å². The molecule has 2 aliphatic carbocycles. The molecule has 0 aromatic rings. The maximum absolute atomic E-state index is 11.9. The number of esters is 1. The van der Waals surface area contributed by atoms with Crippen LogP contribution in [0.4, 0.5) is 0 Å². The molecule has 4 nitrogen and oxygen atoms in total. The van der Waals surface area contributed by atoms with Crippen molar-refractivity contribution in [2.75, 3.05) is 7.11 Å². The minimum absolute atomic E-state index is 0.177. The summed E-state index contributed by atoms with van der Waals surface area (Å²) in [7, 11) is 1.45. The van der Waals surface area contributed by atoms with Crippen molar-refractivity contribution in [1.82, 2.24) is 0 Å². The van der Waals surface area contributed by atoms with Crippen molar-refractivity contribution in [2.24, 2.45) is 5.92 Å². The van der Waals surface area contributed by atoms with Gasteiger partial charge in [0.05, 0.1) is 19.3 Å². The first-order chi connectivity index (χ1) is 8.75. The van der Waals surface area contributed by atoms with Crippen LogP contribution < -0.4 is 0 Å². The van der Waals surface area contributed by atoms with E-state index < -0.39 is 5.79 Å². The van der Waals surface area contributed by atoms with Gasteiger partial charge in [0.25, 0.3) is 0 Å². The van der Waals surface area contributed by atoms with Crippen molar-refractivity contribution in [1.29, 1.82) is 0 Å². The number of carbonyl (C=O) groups excluding carboxylic acids is 1. The normalized spacial score (nSPS) is 43.7. The van der Waals surface area contributed by atoms with Gasteiger partial charge in [-0.05, 0) is 25.7 Å². The van der Waals surface area contributed by atoms with Gasteiger partial charge in [0.1, 0.15) is 5.92 Å². The summed E-state index contributed by atoms with van der Waals surface area (Å²) in [5.41, 5.74) is 0. The Hall–Kier alpha value is -0.610. The monoisotopic (exact) mass is 254 g/mol. The van der Waals surface area contributed by atoms with Crippen LogP contribution in [0.25, 0.3) is 0 Å². The van der Waals surface area contributed by atoms with Gasteiger partial charge < -0.3 is 14.2 Å². The highest BCUT2D eigenvalue weighted by Crippen LogP contribution is 2.48. The van der Waals surface area contributed by atoms with Gasteiger partial charge in [-0.15, -0.1) is 0 Å². The SMILES string of the molecule is COC(=O)C1CCCC12OC1CCCCC[C@H]1O2. The summed E-state index contributed by atoms with van der Waals surface area (Å²) < 4.78 is 17.3. The highest BCUT2D eigenvalue weighted by Gasteiger charge is 2.57. The van der Waals surface area contributed by atoms with Crippen LogP contribution in [-0.4, -0.2) is 31.1 Å². The van der Waals surface area contributed by atoms with Crippen LogP contribution in [0.15, 0.2) is 0 Å². The maximum Gasteiger partial charge on any atom is 0.314 e. The number of carbonyl (C=O) groups is 1. The van der Waals surface area contributed by atoms with Crippen LogP contribution >= 0.6 is 0 Å². The lowest BCUT2D eigenvalue weighted by Gasteiger charge is -2.28. The zero-order valence-electron chi connectivity index (χ0n) is 11.0. The van der Waals surface area contributed by atoms with Crippen LogP contribution in [0.2, 0.25) is 0 Å². The summed E-state index contributed by atoms with van der Waals surface area (Å²) in [5, 5.41) is 0. The Kier molecular flexibility index (Phi) is 3.32. The van der Waals surface area contributed by atoms with Gasteiger partial charge in [0.15, 0.2) is 5.79 Å². The highest BCUT2D eigenvalue weighted by molar-refractivity contribution is 5.74. The van der Waals surface area contributed by atoms with Gasteiger partial charge in [-0.2, -0.15) is 0 Å². The molecule has 0 aromatic carbocycles. The molecule has 4 atom stereocenters. The fourth-order valence-corrected chi connectivity index (χ4v) is 3.72.